The fourth-order valence-electron chi connectivity index (χ4n) is 1.84. The Morgan fingerprint density at radius 2 is 1.81 bits per heavy atom. The van der Waals surface area contributed by atoms with Crippen LogP contribution in [-0.2, 0) is 10.9 Å². The van der Waals surface area contributed by atoms with Gasteiger partial charge in [0, 0.05) is 13.7 Å². The SMILES string of the molecule is COCC(CNCC(C)C)Oc1ccccc1C(F)(F)F. The van der Waals surface area contributed by atoms with E-state index >= 15 is 0 Å². The molecule has 0 radical (unpaired) electrons. The minimum absolute atomic E-state index is 0.168. The molecule has 0 spiro atoms. The van der Waals surface area contributed by atoms with E-state index in [9.17, 15) is 13.2 Å². The zero-order valence-electron chi connectivity index (χ0n) is 12.5. The molecule has 0 aromatic heterocycles. The predicted molar refractivity (Wildman–Crippen MR) is 75.4 cm³/mol. The maximum atomic E-state index is 12.9. The molecule has 0 heterocycles. The van der Waals surface area contributed by atoms with E-state index in [-0.39, 0.29) is 12.4 Å². The molecule has 6 heteroatoms. The van der Waals surface area contributed by atoms with Gasteiger partial charge in [-0.3, -0.25) is 0 Å². The van der Waals surface area contributed by atoms with Gasteiger partial charge in [0.15, 0.2) is 0 Å². The molecule has 0 saturated carbocycles. The Bertz CT molecular complexity index is 422. The molecule has 3 nitrogen and oxygen atoms in total. The van der Waals surface area contributed by atoms with Crippen molar-refractivity contribution in [1.29, 1.82) is 0 Å². The molecule has 0 aliphatic heterocycles. The molecular weight excluding hydrogens is 283 g/mol. The lowest BCUT2D eigenvalue weighted by Crippen LogP contribution is -2.36. The lowest BCUT2D eigenvalue weighted by molar-refractivity contribution is -0.139. The number of para-hydroxylation sites is 1. The van der Waals surface area contributed by atoms with E-state index in [2.05, 4.69) is 19.2 Å². The predicted octanol–water partition coefficient (Wildman–Crippen LogP) is 3.34. The summed E-state index contributed by atoms with van der Waals surface area (Å²) in [5.74, 6) is 0.286. The largest absolute Gasteiger partial charge is 0.486 e. The highest BCUT2D eigenvalue weighted by atomic mass is 19.4. The number of halogens is 3. The highest BCUT2D eigenvalue weighted by Gasteiger charge is 2.34. The van der Waals surface area contributed by atoms with Gasteiger partial charge in [-0.15, -0.1) is 0 Å². The number of methoxy groups -OCH3 is 1. The molecule has 0 saturated heterocycles. The highest BCUT2D eigenvalue weighted by Crippen LogP contribution is 2.36. The zero-order valence-corrected chi connectivity index (χ0v) is 12.5. The van der Waals surface area contributed by atoms with Gasteiger partial charge < -0.3 is 14.8 Å². The van der Waals surface area contributed by atoms with Gasteiger partial charge >= 0.3 is 6.18 Å². The number of hydrogen-bond donors (Lipinski definition) is 1. The van der Waals surface area contributed by atoms with Gasteiger partial charge in [0.1, 0.15) is 11.9 Å². The smallest absolute Gasteiger partial charge is 0.419 e. The number of ether oxygens (including phenoxy) is 2. The molecule has 1 atom stereocenters. The van der Waals surface area contributed by atoms with Crippen molar-refractivity contribution in [3.05, 3.63) is 29.8 Å². The summed E-state index contributed by atoms with van der Waals surface area (Å²) in [6.45, 7) is 5.52. The normalized spacial score (nSPS) is 13.5. The third-order valence-electron chi connectivity index (χ3n) is 2.76. The topological polar surface area (TPSA) is 30.5 Å². The molecular formula is C15H22F3NO2. The molecule has 1 aromatic rings. The monoisotopic (exact) mass is 305 g/mol. The van der Waals surface area contributed by atoms with Crippen LogP contribution in [0.3, 0.4) is 0 Å². The second-order valence-corrected chi connectivity index (χ2v) is 5.24. The molecule has 0 bridgehead atoms. The Morgan fingerprint density at radius 3 is 2.38 bits per heavy atom. The van der Waals surface area contributed by atoms with E-state index < -0.39 is 17.8 Å². The Morgan fingerprint density at radius 1 is 1.14 bits per heavy atom. The van der Waals surface area contributed by atoms with Crippen molar-refractivity contribution in [2.24, 2.45) is 5.92 Å². The summed E-state index contributed by atoms with van der Waals surface area (Å²) in [7, 11) is 1.49. The average Bonchev–Trinajstić information content (AvgIpc) is 2.38. The Balaban J connectivity index is 2.75. The summed E-state index contributed by atoms with van der Waals surface area (Å²) in [6.07, 6.45) is -4.91. The molecule has 1 unspecified atom stereocenters. The first-order chi connectivity index (χ1) is 9.84. The number of alkyl halides is 3. The fourth-order valence-corrected chi connectivity index (χ4v) is 1.84. The third kappa shape index (κ3) is 6.35. The number of nitrogens with one attached hydrogen (secondary N) is 1. The first-order valence-electron chi connectivity index (χ1n) is 6.87. The van der Waals surface area contributed by atoms with Crippen LogP contribution in [0.1, 0.15) is 19.4 Å². The van der Waals surface area contributed by atoms with Crippen molar-refractivity contribution in [3.8, 4) is 5.75 Å². The zero-order chi connectivity index (χ0) is 15.9. The van der Waals surface area contributed by atoms with Crippen LogP contribution in [0.4, 0.5) is 13.2 Å². The van der Waals surface area contributed by atoms with Crippen LogP contribution < -0.4 is 10.1 Å². The van der Waals surface area contributed by atoms with E-state index in [0.29, 0.717) is 12.5 Å². The van der Waals surface area contributed by atoms with E-state index in [1.165, 1.54) is 25.3 Å². The summed E-state index contributed by atoms with van der Waals surface area (Å²) in [5.41, 5.74) is -0.769. The van der Waals surface area contributed by atoms with Crippen molar-refractivity contribution >= 4 is 0 Å². The van der Waals surface area contributed by atoms with Crippen LogP contribution in [0.5, 0.6) is 5.75 Å². The van der Waals surface area contributed by atoms with Crippen LogP contribution in [0.2, 0.25) is 0 Å². The Hall–Kier alpha value is -1.27. The molecule has 0 aliphatic carbocycles. The second kappa shape index (κ2) is 8.24. The van der Waals surface area contributed by atoms with Crippen LogP contribution in [0.15, 0.2) is 24.3 Å². The minimum Gasteiger partial charge on any atom is -0.486 e. The van der Waals surface area contributed by atoms with Crippen molar-refractivity contribution < 1.29 is 22.6 Å². The molecule has 0 amide bonds. The van der Waals surface area contributed by atoms with Gasteiger partial charge in [-0.1, -0.05) is 26.0 Å². The van der Waals surface area contributed by atoms with E-state index in [4.69, 9.17) is 9.47 Å². The number of benzene rings is 1. The van der Waals surface area contributed by atoms with Gasteiger partial charge in [-0.2, -0.15) is 13.2 Å². The summed E-state index contributed by atoms with van der Waals surface area (Å²) in [4.78, 5) is 0. The van der Waals surface area contributed by atoms with E-state index in [1.807, 2.05) is 0 Å². The van der Waals surface area contributed by atoms with Gasteiger partial charge in [-0.05, 0) is 24.6 Å². The van der Waals surface area contributed by atoms with E-state index in [1.54, 1.807) is 0 Å². The number of hydrogen-bond acceptors (Lipinski definition) is 3. The van der Waals surface area contributed by atoms with Gasteiger partial charge in [0.25, 0.3) is 0 Å². The fraction of sp³-hybridized carbons (Fsp3) is 0.600. The molecule has 0 aliphatic rings. The van der Waals surface area contributed by atoms with E-state index in [0.717, 1.165) is 12.6 Å². The third-order valence-corrected chi connectivity index (χ3v) is 2.76. The molecule has 0 fully saturated rings. The van der Waals surface area contributed by atoms with Crippen LogP contribution in [0.25, 0.3) is 0 Å². The van der Waals surface area contributed by atoms with Gasteiger partial charge in [0.05, 0.1) is 12.2 Å². The standard InChI is InChI=1S/C15H22F3NO2/c1-11(2)8-19-9-12(10-20-3)21-14-7-5-4-6-13(14)15(16,17)18/h4-7,11-12,19H,8-10H2,1-3H3. The minimum atomic E-state index is -4.43. The van der Waals surface area contributed by atoms with Crippen molar-refractivity contribution in [1.82, 2.24) is 5.32 Å². The molecule has 21 heavy (non-hydrogen) atoms. The van der Waals surface area contributed by atoms with Crippen molar-refractivity contribution in [2.75, 3.05) is 26.8 Å². The lowest BCUT2D eigenvalue weighted by Gasteiger charge is -2.22. The molecule has 1 rings (SSSR count). The van der Waals surface area contributed by atoms with Gasteiger partial charge in [-0.25, -0.2) is 0 Å². The van der Waals surface area contributed by atoms with Crippen LogP contribution >= 0.6 is 0 Å². The summed E-state index contributed by atoms with van der Waals surface area (Å²) >= 11 is 0. The second-order valence-electron chi connectivity index (χ2n) is 5.24. The van der Waals surface area contributed by atoms with Crippen molar-refractivity contribution in [2.45, 2.75) is 26.1 Å². The highest BCUT2D eigenvalue weighted by molar-refractivity contribution is 5.35. The summed E-state index contributed by atoms with van der Waals surface area (Å²) < 4.78 is 49.2. The lowest BCUT2D eigenvalue weighted by atomic mass is 10.2. The Labute approximate surface area is 123 Å². The van der Waals surface area contributed by atoms with Gasteiger partial charge in [0.2, 0.25) is 0 Å². The van der Waals surface area contributed by atoms with Crippen LogP contribution in [0, 0.1) is 5.92 Å². The molecule has 1 aromatic carbocycles. The summed E-state index contributed by atoms with van der Waals surface area (Å²) in [5, 5.41) is 3.16. The Kier molecular flexibility index (Phi) is 6.98. The first kappa shape index (κ1) is 17.8. The molecule has 120 valence electrons. The maximum Gasteiger partial charge on any atom is 0.419 e. The summed E-state index contributed by atoms with van der Waals surface area (Å²) in [6, 6.07) is 5.21. The average molecular weight is 305 g/mol. The molecule has 1 N–H and O–H groups in total. The van der Waals surface area contributed by atoms with Crippen molar-refractivity contribution in [3.63, 3.8) is 0 Å². The maximum absolute atomic E-state index is 12.9. The quantitative estimate of drug-likeness (QED) is 0.799. The number of rotatable bonds is 8. The van der Waals surface area contributed by atoms with Crippen LogP contribution in [-0.4, -0.2) is 32.9 Å². The first-order valence-corrected chi connectivity index (χ1v) is 6.87.